The summed E-state index contributed by atoms with van der Waals surface area (Å²) in [5.41, 5.74) is 1.73. The molecule has 4 aromatic carbocycles. The molecule has 186 valence electrons. The van der Waals surface area contributed by atoms with Crippen LogP contribution in [0.1, 0.15) is 21.5 Å². The minimum atomic E-state index is -1.02. The van der Waals surface area contributed by atoms with Crippen LogP contribution >= 0.6 is 0 Å². The van der Waals surface area contributed by atoms with Gasteiger partial charge in [0, 0.05) is 24.7 Å². The number of amides is 1. The molecule has 3 N–H and O–H groups in total. The van der Waals surface area contributed by atoms with E-state index in [0.717, 1.165) is 28.2 Å². The van der Waals surface area contributed by atoms with E-state index in [2.05, 4.69) is 10.6 Å². The van der Waals surface area contributed by atoms with Crippen molar-refractivity contribution in [1.82, 2.24) is 10.6 Å². The molecule has 7 heteroatoms. The first-order valence-corrected chi connectivity index (χ1v) is 11.7. The molecule has 2 atom stereocenters. The summed E-state index contributed by atoms with van der Waals surface area (Å²) < 4.78 is 32.8. The monoisotopic (exact) mass is 490 g/mol. The number of methoxy groups -OCH3 is 1. The zero-order valence-corrected chi connectivity index (χ0v) is 19.9. The molecule has 5 nitrogen and oxygen atoms in total. The third kappa shape index (κ3) is 6.65. The maximum absolute atomic E-state index is 13.8. The van der Waals surface area contributed by atoms with Gasteiger partial charge in [-0.1, -0.05) is 42.5 Å². The topological polar surface area (TPSA) is 70.6 Å². The number of aliphatic hydroxyl groups excluding tert-OH is 1. The lowest BCUT2D eigenvalue weighted by atomic mass is 9.99. The first-order chi connectivity index (χ1) is 17.4. The van der Waals surface area contributed by atoms with Crippen molar-refractivity contribution in [2.24, 2.45) is 0 Å². The highest BCUT2D eigenvalue weighted by Crippen LogP contribution is 2.17. The second kappa shape index (κ2) is 11.7. The zero-order chi connectivity index (χ0) is 25.5. The molecule has 0 radical (unpaired) electrons. The third-order valence-electron chi connectivity index (χ3n) is 5.99. The number of carbonyl (C=O) groups excluding carboxylic acids is 1. The van der Waals surface area contributed by atoms with Crippen molar-refractivity contribution in [3.8, 4) is 5.75 Å². The smallest absolute Gasteiger partial charge is 0.251 e. The quantitative estimate of drug-likeness (QED) is 0.304. The molecule has 1 amide bonds. The van der Waals surface area contributed by atoms with Gasteiger partial charge in [0.15, 0.2) is 0 Å². The number of nitrogens with one attached hydrogen (secondary N) is 2. The average Bonchev–Trinajstić information content (AvgIpc) is 2.87. The third-order valence-corrected chi connectivity index (χ3v) is 5.99. The van der Waals surface area contributed by atoms with Crippen LogP contribution in [0.3, 0.4) is 0 Å². The maximum atomic E-state index is 13.8. The molecule has 0 aliphatic rings. The van der Waals surface area contributed by atoms with Crippen molar-refractivity contribution in [1.29, 1.82) is 0 Å². The van der Waals surface area contributed by atoms with Gasteiger partial charge in [-0.25, -0.2) is 8.78 Å². The normalized spacial score (nSPS) is 12.8. The first kappa shape index (κ1) is 25.3. The van der Waals surface area contributed by atoms with Crippen molar-refractivity contribution in [2.75, 3.05) is 13.7 Å². The van der Waals surface area contributed by atoms with Gasteiger partial charge in [-0.2, -0.15) is 0 Å². The van der Waals surface area contributed by atoms with E-state index in [1.54, 1.807) is 19.2 Å². The number of aliphatic hydroxyl groups is 1. The van der Waals surface area contributed by atoms with E-state index < -0.39 is 23.8 Å². The molecule has 0 aromatic heterocycles. The molecule has 0 aliphatic carbocycles. The molecule has 4 rings (SSSR count). The minimum absolute atomic E-state index is 0.0516. The summed E-state index contributed by atoms with van der Waals surface area (Å²) in [6, 6.07) is 23.0. The highest BCUT2D eigenvalue weighted by Gasteiger charge is 2.23. The number of hydrogen-bond donors (Lipinski definition) is 3. The highest BCUT2D eigenvalue weighted by molar-refractivity contribution is 5.98. The van der Waals surface area contributed by atoms with Gasteiger partial charge in [-0.3, -0.25) is 4.79 Å². The van der Waals surface area contributed by atoms with E-state index in [0.29, 0.717) is 17.7 Å². The van der Waals surface area contributed by atoms with Crippen molar-refractivity contribution in [3.05, 3.63) is 113 Å². The average molecular weight is 491 g/mol. The molecule has 0 unspecified atom stereocenters. The number of fused-ring (bicyclic) bond motifs is 1. The Hall–Kier alpha value is -3.81. The number of benzene rings is 4. The SMILES string of the molecule is COc1cccc(CNC[C@@H](O)[C@H](Cc2cc(F)cc(F)c2)NC(=O)c2ccc3ccccc3c2)c1. The Kier molecular flexibility index (Phi) is 8.25. The minimum Gasteiger partial charge on any atom is -0.497 e. The van der Waals surface area contributed by atoms with E-state index in [1.807, 2.05) is 54.6 Å². The van der Waals surface area contributed by atoms with E-state index in [1.165, 1.54) is 12.1 Å². The van der Waals surface area contributed by atoms with Crippen LogP contribution in [-0.2, 0) is 13.0 Å². The highest BCUT2D eigenvalue weighted by atomic mass is 19.1. The standard InChI is InChI=1S/C29H28F2N2O3/c1-36-26-8-4-5-19(13-26)17-32-18-28(34)27(14-20-11-24(30)16-25(31)12-20)33-29(35)23-10-9-21-6-2-3-7-22(21)15-23/h2-13,15-16,27-28,32,34H,14,17-18H2,1H3,(H,33,35)/t27-,28+/m0/s1. The molecule has 0 spiro atoms. The van der Waals surface area contributed by atoms with Gasteiger partial charge in [0.2, 0.25) is 0 Å². The summed E-state index contributed by atoms with van der Waals surface area (Å²) in [6.45, 7) is 0.617. The summed E-state index contributed by atoms with van der Waals surface area (Å²) in [7, 11) is 1.59. The zero-order valence-electron chi connectivity index (χ0n) is 19.9. The lowest BCUT2D eigenvalue weighted by molar-refractivity contribution is 0.0830. The molecule has 0 saturated carbocycles. The van der Waals surface area contributed by atoms with Gasteiger partial charge in [0.25, 0.3) is 5.91 Å². The molecular weight excluding hydrogens is 462 g/mol. The number of rotatable bonds is 10. The van der Waals surface area contributed by atoms with Crippen molar-refractivity contribution >= 4 is 16.7 Å². The summed E-state index contributed by atoms with van der Waals surface area (Å²) in [5, 5.41) is 18.9. The molecular formula is C29H28F2N2O3. The van der Waals surface area contributed by atoms with Gasteiger partial charge in [-0.15, -0.1) is 0 Å². The second-order valence-electron chi connectivity index (χ2n) is 8.67. The summed E-state index contributed by atoms with van der Waals surface area (Å²) in [5.74, 6) is -1.08. The van der Waals surface area contributed by atoms with E-state index in [4.69, 9.17) is 4.74 Å². The van der Waals surface area contributed by atoms with Crippen LogP contribution in [0.5, 0.6) is 5.75 Å². The lowest BCUT2D eigenvalue weighted by Gasteiger charge is -2.25. The number of ether oxygens (including phenoxy) is 1. The Morgan fingerprint density at radius 1 is 0.889 bits per heavy atom. The fourth-order valence-electron chi connectivity index (χ4n) is 4.14. The fraction of sp³-hybridized carbons (Fsp3) is 0.207. The van der Waals surface area contributed by atoms with Crippen LogP contribution in [0.25, 0.3) is 10.8 Å². The number of halogens is 2. The fourth-order valence-corrected chi connectivity index (χ4v) is 4.14. The van der Waals surface area contributed by atoms with E-state index in [-0.39, 0.29) is 18.9 Å². The van der Waals surface area contributed by atoms with Gasteiger partial charge in [0.1, 0.15) is 17.4 Å². The number of hydrogen-bond acceptors (Lipinski definition) is 4. The maximum Gasteiger partial charge on any atom is 0.251 e. The Balaban J connectivity index is 1.48. The Morgan fingerprint density at radius 3 is 2.39 bits per heavy atom. The van der Waals surface area contributed by atoms with Gasteiger partial charge in [0.05, 0.1) is 19.3 Å². The Labute approximate surface area is 208 Å². The van der Waals surface area contributed by atoms with Gasteiger partial charge >= 0.3 is 0 Å². The Bertz CT molecular complexity index is 1320. The number of carbonyl (C=O) groups is 1. The summed E-state index contributed by atoms with van der Waals surface area (Å²) >= 11 is 0. The molecule has 0 fully saturated rings. The van der Waals surface area contributed by atoms with Crippen molar-refractivity contribution < 1.29 is 23.4 Å². The molecule has 36 heavy (non-hydrogen) atoms. The van der Waals surface area contributed by atoms with Crippen LogP contribution in [0, 0.1) is 11.6 Å². The van der Waals surface area contributed by atoms with E-state index in [9.17, 15) is 18.7 Å². The van der Waals surface area contributed by atoms with E-state index >= 15 is 0 Å². The van der Waals surface area contributed by atoms with Crippen LogP contribution in [0.4, 0.5) is 8.78 Å². The predicted molar refractivity (Wildman–Crippen MR) is 136 cm³/mol. The summed E-state index contributed by atoms with van der Waals surface area (Å²) in [4.78, 5) is 13.1. The summed E-state index contributed by atoms with van der Waals surface area (Å²) in [6.07, 6.45) is -0.970. The molecule has 4 aromatic rings. The van der Waals surface area contributed by atoms with Crippen molar-refractivity contribution in [3.63, 3.8) is 0 Å². The first-order valence-electron chi connectivity index (χ1n) is 11.7. The van der Waals surface area contributed by atoms with Crippen LogP contribution in [0.15, 0.2) is 84.9 Å². The lowest BCUT2D eigenvalue weighted by Crippen LogP contribution is -2.48. The molecule has 0 aliphatic heterocycles. The van der Waals surface area contributed by atoms with Crippen LogP contribution < -0.4 is 15.4 Å². The van der Waals surface area contributed by atoms with Crippen molar-refractivity contribution in [2.45, 2.75) is 25.1 Å². The van der Waals surface area contributed by atoms with Gasteiger partial charge in [-0.05, 0) is 64.7 Å². The second-order valence-corrected chi connectivity index (χ2v) is 8.67. The largest absolute Gasteiger partial charge is 0.497 e. The van der Waals surface area contributed by atoms with Crippen LogP contribution in [0.2, 0.25) is 0 Å². The predicted octanol–water partition coefficient (Wildman–Crippen LogP) is 4.62. The molecule has 0 saturated heterocycles. The van der Waals surface area contributed by atoms with Gasteiger partial charge < -0.3 is 20.5 Å². The Morgan fingerprint density at radius 2 is 1.64 bits per heavy atom. The van der Waals surface area contributed by atoms with Crippen LogP contribution in [-0.4, -0.2) is 36.8 Å². The molecule has 0 heterocycles. The molecule has 0 bridgehead atoms.